The van der Waals surface area contributed by atoms with Gasteiger partial charge in [-0.3, -0.25) is 10.3 Å². The molecule has 1 fully saturated rings. The zero-order valence-electron chi connectivity index (χ0n) is 17.4. The first-order valence-corrected chi connectivity index (χ1v) is 10.7. The molecule has 2 N–H and O–H groups in total. The van der Waals surface area contributed by atoms with Crippen molar-refractivity contribution in [3.8, 4) is 11.5 Å². The van der Waals surface area contributed by atoms with Crippen LogP contribution in [0.4, 0.5) is 0 Å². The summed E-state index contributed by atoms with van der Waals surface area (Å²) in [6.45, 7) is 7.82. The van der Waals surface area contributed by atoms with E-state index in [0.29, 0.717) is 12.4 Å². The van der Waals surface area contributed by atoms with Crippen molar-refractivity contribution >= 4 is 5.71 Å². The van der Waals surface area contributed by atoms with Crippen molar-refractivity contribution in [3.63, 3.8) is 0 Å². The van der Waals surface area contributed by atoms with Gasteiger partial charge >= 0.3 is 0 Å². The molecule has 0 saturated carbocycles. The molecule has 154 valence electrons. The van der Waals surface area contributed by atoms with Gasteiger partial charge in [-0.15, -0.1) is 0 Å². The Bertz CT molecular complexity index is 858. The van der Waals surface area contributed by atoms with Crippen molar-refractivity contribution in [1.82, 2.24) is 10.2 Å². The zero-order chi connectivity index (χ0) is 20.3. The molecule has 1 saturated heterocycles. The van der Waals surface area contributed by atoms with Crippen molar-refractivity contribution in [2.24, 2.45) is 4.99 Å². The lowest BCUT2D eigenvalue weighted by Crippen LogP contribution is -2.56. The molecule has 1 atom stereocenters. The van der Waals surface area contributed by atoms with Gasteiger partial charge in [-0.2, -0.15) is 0 Å². The van der Waals surface area contributed by atoms with Gasteiger partial charge in [0.15, 0.2) is 11.5 Å². The predicted octanol–water partition coefficient (Wildman–Crippen LogP) is 4.13. The number of aromatic hydroxyl groups is 1. The van der Waals surface area contributed by atoms with Gasteiger partial charge in [-0.05, 0) is 37.9 Å². The highest BCUT2D eigenvalue weighted by atomic mass is 16.5. The molecular formula is C24H31N3O2. The third-order valence-electron chi connectivity index (χ3n) is 6.13. The quantitative estimate of drug-likeness (QED) is 0.802. The summed E-state index contributed by atoms with van der Waals surface area (Å²) in [6.07, 6.45) is 2.69. The number of para-hydroxylation sites is 1. The van der Waals surface area contributed by atoms with E-state index in [2.05, 4.69) is 41.4 Å². The minimum atomic E-state index is -0.284. The fourth-order valence-corrected chi connectivity index (χ4v) is 4.49. The Morgan fingerprint density at radius 1 is 1.10 bits per heavy atom. The first kappa shape index (κ1) is 19.9. The van der Waals surface area contributed by atoms with E-state index >= 15 is 0 Å². The molecule has 2 aromatic carbocycles. The van der Waals surface area contributed by atoms with Crippen LogP contribution in [0, 0.1) is 0 Å². The molecule has 2 aromatic rings. The standard InChI is InChI=1S/C24H31N3O2/c1-3-27-15-13-24(14-16-27)25-20(18-9-6-5-7-10-18)17-21(26-24)19-11-8-12-22(23(19)28)29-4-2/h5-12,21,26,28H,3-4,13-17H2,1-2H3/t21-/m1/s1. The van der Waals surface area contributed by atoms with Gasteiger partial charge in [-0.25, -0.2) is 0 Å². The number of phenols is 1. The largest absolute Gasteiger partial charge is 0.504 e. The highest BCUT2D eigenvalue weighted by Gasteiger charge is 2.40. The number of ether oxygens (including phenoxy) is 1. The van der Waals surface area contributed by atoms with Crippen LogP contribution in [0.15, 0.2) is 53.5 Å². The lowest BCUT2D eigenvalue weighted by molar-refractivity contribution is 0.129. The van der Waals surface area contributed by atoms with Crippen LogP contribution in [-0.2, 0) is 0 Å². The van der Waals surface area contributed by atoms with Gasteiger partial charge in [0, 0.05) is 36.8 Å². The smallest absolute Gasteiger partial charge is 0.162 e. The summed E-state index contributed by atoms with van der Waals surface area (Å²) >= 11 is 0. The molecule has 5 heteroatoms. The van der Waals surface area contributed by atoms with Crippen molar-refractivity contribution in [1.29, 1.82) is 0 Å². The molecular weight excluding hydrogens is 362 g/mol. The maximum atomic E-state index is 10.9. The Hall–Kier alpha value is -2.37. The van der Waals surface area contributed by atoms with Gasteiger partial charge in [0.25, 0.3) is 0 Å². The number of hydrogen-bond donors (Lipinski definition) is 2. The summed E-state index contributed by atoms with van der Waals surface area (Å²) in [4.78, 5) is 7.72. The molecule has 0 aromatic heterocycles. The number of hydrogen-bond acceptors (Lipinski definition) is 5. The summed E-state index contributed by atoms with van der Waals surface area (Å²) < 4.78 is 5.63. The van der Waals surface area contributed by atoms with E-state index in [1.165, 1.54) is 0 Å². The van der Waals surface area contributed by atoms with Gasteiger partial charge in [0.05, 0.1) is 6.61 Å². The van der Waals surface area contributed by atoms with Crippen molar-refractivity contribution in [2.75, 3.05) is 26.2 Å². The molecule has 0 amide bonds. The third-order valence-corrected chi connectivity index (χ3v) is 6.13. The van der Waals surface area contributed by atoms with Gasteiger partial charge in [0.1, 0.15) is 5.66 Å². The van der Waals surface area contributed by atoms with Gasteiger partial charge in [0.2, 0.25) is 0 Å². The number of phenolic OH excluding ortho intramolecular Hbond substituents is 1. The topological polar surface area (TPSA) is 57.1 Å². The fraction of sp³-hybridized carbons (Fsp3) is 0.458. The molecule has 2 heterocycles. The fourth-order valence-electron chi connectivity index (χ4n) is 4.49. The summed E-state index contributed by atoms with van der Waals surface area (Å²) in [5.74, 6) is 0.785. The molecule has 0 unspecified atom stereocenters. The maximum Gasteiger partial charge on any atom is 0.162 e. The van der Waals surface area contributed by atoms with Crippen LogP contribution in [0.1, 0.15) is 50.3 Å². The molecule has 29 heavy (non-hydrogen) atoms. The van der Waals surface area contributed by atoms with Crippen molar-refractivity contribution in [2.45, 2.75) is 44.8 Å². The number of benzene rings is 2. The van der Waals surface area contributed by atoms with Crippen molar-refractivity contribution in [3.05, 3.63) is 59.7 Å². The molecule has 1 spiro atoms. The number of piperidine rings is 1. The normalized spacial score (nSPS) is 21.7. The predicted molar refractivity (Wildman–Crippen MR) is 117 cm³/mol. The van der Waals surface area contributed by atoms with Crippen LogP contribution in [0.2, 0.25) is 0 Å². The maximum absolute atomic E-state index is 10.9. The number of nitrogens with zero attached hydrogens (tertiary/aromatic N) is 2. The SMILES string of the molecule is CCOc1cccc([C@H]2CC(c3ccccc3)=NC3(CCN(CC)CC3)N2)c1O. The first-order valence-electron chi connectivity index (χ1n) is 10.7. The molecule has 2 aliphatic rings. The average molecular weight is 394 g/mol. The van der Waals surface area contributed by atoms with Crippen LogP contribution in [0.3, 0.4) is 0 Å². The molecule has 0 bridgehead atoms. The highest BCUT2D eigenvalue weighted by molar-refractivity contribution is 6.01. The number of aliphatic imine (C=N–C) groups is 1. The third kappa shape index (κ3) is 4.16. The molecule has 0 aliphatic carbocycles. The lowest BCUT2D eigenvalue weighted by Gasteiger charge is -2.45. The molecule has 4 rings (SSSR count). The van der Waals surface area contributed by atoms with E-state index in [-0.39, 0.29) is 17.5 Å². The first-order chi connectivity index (χ1) is 14.1. The van der Waals surface area contributed by atoms with E-state index in [4.69, 9.17) is 9.73 Å². The van der Waals surface area contributed by atoms with E-state index < -0.39 is 0 Å². The Balaban J connectivity index is 1.70. The Morgan fingerprint density at radius 3 is 2.55 bits per heavy atom. The minimum absolute atomic E-state index is 0.00344. The van der Waals surface area contributed by atoms with Crippen molar-refractivity contribution < 1.29 is 9.84 Å². The summed E-state index contributed by atoms with van der Waals surface area (Å²) in [7, 11) is 0. The molecule has 5 nitrogen and oxygen atoms in total. The number of nitrogens with one attached hydrogen (secondary N) is 1. The number of rotatable bonds is 5. The number of likely N-dealkylation sites (tertiary alicyclic amines) is 1. The van der Waals surface area contributed by atoms with E-state index in [1.807, 2.05) is 31.2 Å². The van der Waals surface area contributed by atoms with E-state index in [0.717, 1.165) is 55.7 Å². The average Bonchev–Trinajstić information content (AvgIpc) is 2.76. The second-order valence-corrected chi connectivity index (χ2v) is 7.92. The highest BCUT2D eigenvalue weighted by Crippen LogP contribution is 2.40. The molecule has 2 aliphatic heterocycles. The summed E-state index contributed by atoms with van der Waals surface area (Å²) in [5, 5.41) is 14.7. The van der Waals surface area contributed by atoms with Crippen LogP contribution in [-0.4, -0.2) is 47.6 Å². The summed E-state index contributed by atoms with van der Waals surface area (Å²) in [5.41, 5.74) is 2.88. The van der Waals surface area contributed by atoms with Gasteiger partial charge < -0.3 is 14.7 Å². The monoisotopic (exact) mass is 393 g/mol. The second-order valence-electron chi connectivity index (χ2n) is 7.92. The molecule has 0 radical (unpaired) electrons. The van der Waals surface area contributed by atoms with Gasteiger partial charge in [-0.1, -0.05) is 49.4 Å². The summed E-state index contributed by atoms with van der Waals surface area (Å²) in [6, 6.07) is 16.2. The Kier molecular flexibility index (Phi) is 5.88. The van der Waals surface area contributed by atoms with Crippen LogP contribution < -0.4 is 10.1 Å². The van der Waals surface area contributed by atoms with E-state index in [1.54, 1.807) is 0 Å². The minimum Gasteiger partial charge on any atom is -0.504 e. The van der Waals surface area contributed by atoms with E-state index in [9.17, 15) is 5.11 Å². The van der Waals surface area contributed by atoms with Crippen LogP contribution >= 0.6 is 0 Å². The zero-order valence-corrected chi connectivity index (χ0v) is 17.4. The van der Waals surface area contributed by atoms with Crippen LogP contribution in [0.5, 0.6) is 11.5 Å². The van der Waals surface area contributed by atoms with Crippen LogP contribution in [0.25, 0.3) is 0 Å². The lowest BCUT2D eigenvalue weighted by atomic mass is 9.87. The second kappa shape index (κ2) is 8.56. The Morgan fingerprint density at radius 2 is 1.86 bits per heavy atom. The Labute approximate surface area is 173 Å².